The lowest BCUT2D eigenvalue weighted by Crippen LogP contribution is -2.46. The van der Waals surface area contributed by atoms with Crippen molar-refractivity contribution in [2.45, 2.75) is 52.1 Å². The number of benzene rings is 2. The van der Waals surface area contributed by atoms with Crippen LogP contribution < -0.4 is 0 Å². The molecular weight excluding hydrogens is 310 g/mol. The molecule has 0 aromatic heterocycles. The second-order valence-corrected chi connectivity index (χ2v) is 7.33. The topological polar surface area (TPSA) is 40.5 Å². The van der Waals surface area contributed by atoms with Crippen LogP contribution in [0.3, 0.4) is 0 Å². The number of nitrogens with zero attached hydrogens (tertiary/aromatic N) is 1. The van der Waals surface area contributed by atoms with Crippen molar-refractivity contribution in [3.8, 4) is 0 Å². The lowest BCUT2D eigenvalue weighted by molar-refractivity contribution is -0.145. The van der Waals surface area contributed by atoms with Crippen LogP contribution >= 0.6 is 0 Å². The highest BCUT2D eigenvalue weighted by Gasteiger charge is 2.35. The van der Waals surface area contributed by atoms with Crippen molar-refractivity contribution >= 4 is 5.97 Å². The molecule has 1 heterocycles. The van der Waals surface area contributed by atoms with E-state index in [1.165, 1.54) is 27.8 Å². The van der Waals surface area contributed by atoms with Gasteiger partial charge in [-0.25, -0.2) is 0 Å². The van der Waals surface area contributed by atoms with Crippen LogP contribution in [0.4, 0.5) is 0 Å². The molecule has 2 unspecified atom stereocenters. The number of hydrogen-bond acceptors (Lipinski definition) is 2. The summed E-state index contributed by atoms with van der Waals surface area (Å²) in [4.78, 5) is 14.1. The van der Waals surface area contributed by atoms with Crippen molar-refractivity contribution in [3.63, 3.8) is 0 Å². The van der Waals surface area contributed by atoms with Gasteiger partial charge in [-0.1, -0.05) is 65.6 Å². The number of likely N-dealkylation sites (tertiary alicyclic amines) is 1. The van der Waals surface area contributed by atoms with Crippen LogP contribution in [0.5, 0.6) is 0 Å². The Labute approximate surface area is 150 Å². The van der Waals surface area contributed by atoms with E-state index >= 15 is 0 Å². The Hall–Kier alpha value is -2.13. The first kappa shape index (κ1) is 17.7. The van der Waals surface area contributed by atoms with E-state index in [0.717, 1.165) is 25.8 Å². The minimum Gasteiger partial charge on any atom is -0.480 e. The summed E-state index contributed by atoms with van der Waals surface area (Å²) < 4.78 is 0. The summed E-state index contributed by atoms with van der Waals surface area (Å²) in [6, 6.07) is 14.6. The second-order valence-electron chi connectivity index (χ2n) is 7.33. The molecule has 2 aromatic carbocycles. The molecule has 1 saturated heterocycles. The van der Waals surface area contributed by atoms with Gasteiger partial charge in [0.1, 0.15) is 6.04 Å². The Morgan fingerprint density at radius 1 is 1.00 bits per heavy atom. The van der Waals surface area contributed by atoms with Gasteiger partial charge in [0.25, 0.3) is 0 Å². The van der Waals surface area contributed by atoms with Gasteiger partial charge in [0.15, 0.2) is 0 Å². The molecule has 1 N–H and O–H groups in total. The summed E-state index contributed by atoms with van der Waals surface area (Å²) >= 11 is 0. The molecule has 1 aliphatic rings. The van der Waals surface area contributed by atoms with Crippen molar-refractivity contribution in [2.75, 3.05) is 6.54 Å². The van der Waals surface area contributed by atoms with Gasteiger partial charge in [0, 0.05) is 0 Å². The maximum absolute atomic E-state index is 11.9. The molecule has 0 amide bonds. The molecule has 0 radical (unpaired) electrons. The number of carbonyl (C=O) groups is 1. The van der Waals surface area contributed by atoms with E-state index in [0.29, 0.717) is 0 Å². The average molecular weight is 337 g/mol. The molecule has 3 nitrogen and oxygen atoms in total. The molecule has 0 spiro atoms. The second kappa shape index (κ2) is 7.40. The van der Waals surface area contributed by atoms with Crippen LogP contribution in [0.15, 0.2) is 42.5 Å². The van der Waals surface area contributed by atoms with Crippen LogP contribution in [0, 0.1) is 20.8 Å². The minimum atomic E-state index is -0.707. The molecule has 3 heteroatoms. The number of carboxylic acid groups (broad SMARTS) is 1. The van der Waals surface area contributed by atoms with Crippen molar-refractivity contribution < 1.29 is 9.90 Å². The van der Waals surface area contributed by atoms with Gasteiger partial charge in [0.2, 0.25) is 0 Å². The number of rotatable bonds is 4. The molecule has 25 heavy (non-hydrogen) atoms. The number of carboxylic acids is 1. The summed E-state index contributed by atoms with van der Waals surface area (Å²) in [6.07, 6.45) is 2.76. The smallest absolute Gasteiger partial charge is 0.320 e. The van der Waals surface area contributed by atoms with Crippen LogP contribution in [0.2, 0.25) is 0 Å². The normalized spacial score (nSPS) is 19.6. The standard InChI is InChI=1S/C22H27NO2/c1-15-7-6-8-18(12-15)21(19-13-16(2)11-17(3)14-19)23-10-5-4-9-20(23)22(24)25/h6-8,11-14,20-21H,4-5,9-10H2,1-3H3,(H,24,25). The third-order valence-electron chi connectivity index (χ3n) is 5.08. The number of aliphatic carboxylic acids is 1. The van der Waals surface area contributed by atoms with Gasteiger partial charge < -0.3 is 5.11 Å². The summed E-state index contributed by atoms with van der Waals surface area (Å²) in [5, 5.41) is 9.77. The minimum absolute atomic E-state index is 0.0140. The van der Waals surface area contributed by atoms with Crippen molar-refractivity contribution in [2.24, 2.45) is 0 Å². The lowest BCUT2D eigenvalue weighted by atomic mass is 9.89. The zero-order valence-corrected chi connectivity index (χ0v) is 15.3. The van der Waals surface area contributed by atoms with Gasteiger partial charge in [-0.15, -0.1) is 0 Å². The van der Waals surface area contributed by atoms with Gasteiger partial charge in [-0.2, -0.15) is 0 Å². The first-order valence-electron chi connectivity index (χ1n) is 9.09. The van der Waals surface area contributed by atoms with Gasteiger partial charge in [-0.05, 0) is 51.3 Å². The van der Waals surface area contributed by atoms with Crippen molar-refractivity contribution in [3.05, 3.63) is 70.3 Å². The van der Waals surface area contributed by atoms with Gasteiger partial charge >= 0.3 is 5.97 Å². The van der Waals surface area contributed by atoms with E-state index in [-0.39, 0.29) is 6.04 Å². The van der Waals surface area contributed by atoms with E-state index in [1.54, 1.807) is 0 Å². The Kier molecular flexibility index (Phi) is 5.24. The Balaban J connectivity index is 2.12. The third-order valence-corrected chi connectivity index (χ3v) is 5.08. The maximum Gasteiger partial charge on any atom is 0.320 e. The zero-order chi connectivity index (χ0) is 18.0. The Morgan fingerprint density at radius 2 is 1.68 bits per heavy atom. The zero-order valence-electron chi connectivity index (χ0n) is 15.3. The number of aryl methyl sites for hydroxylation is 3. The highest BCUT2D eigenvalue weighted by Crippen LogP contribution is 2.35. The molecule has 132 valence electrons. The molecule has 1 fully saturated rings. The van der Waals surface area contributed by atoms with E-state index in [9.17, 15) is 9.90 Å². The Morgan fingerprint density at radius 3 is 2.32 bits per heavy atom. The molecule has 0 bridgehead atoms. The van der Waals surface area contributed by atoms with Gasteiger partial charge in [0.05, 0.1) is 6.04 Å². The van der Waals surface area contributed by atoms with Crippen molar-refractivity contribution in [1.82, 2.24) is 4.90 Å². The monoisotopic (exact) mass is 337 g/mol. The summed E-state index contributed by atoms with van der Waals surface area (Å²) in [7, 11) is 0. The molecule has 2 atom stereocenters. The van der Waals surface area contributed by atoms with E-state index in [2.05, 4.69) is 68.1 Å². The number of hydrogen-bond donors (Lipinski definition) is 1. The van der Waals surface area contributed by atoms with E-state index in [4.69, 9.17) is 0 Å². The third kappa shape index (κ3) is 3.93. The fourth-order valence-electron chi connectivity index (χ4n) is 4.11. The van der Waals surface area contributed by atoms with Crippen LogP contribution in [-0.2, 0) is 4.79 Å². The first-order valence-corrected chi connectivity index (χ1v) is 9.09. The predicted octanol–water partition coefficient (Wildman–Crippen LogP) is 4.64. The fourth-order valence-corrected chi connectivity index (χ4v) is 4.11. The van der Waals surface area contributed by atoms with Crippen LogP contribution in [-0.4, -0.2) is 28.6 Å². The Bertz CT molecular complexity index is 748. The van der Waals surface area contributed by atoms with Crippen LogP contribution in [0.25, 0.3) is 0 Å². The molecule has 1 aliphatic heterocycles. The molecular formula is C22H27NO2. The first-order chi connectivity index (χ1) is 12.0. The number of piperidine rings is 1. The summed E-state index contributed by atoms with van der Waals surface area (Å²) in [5.41, 5.74) is 6.01. The van der Waals surface area contributed by atoms with E-state index < -0.39 is 12.0 Å². The average Bonchev–Trinajstić information content (AvgIpc) is 2.54. The lowest BCUT2D eigenvalue weighted by Gasteiger charge is -2.40. The van der Waals surface area contributed by atoms with Crippen LogP contribution in [0.1, 0.15) is 53.1 Å². The molecule has 3 rings (SSSR count). The maximum atomic E-state index is 11.9. The SMILES string of the molecule is Cc1cccc(C(c2cc(C)cc(C)c2)N2CCCCC2C(=O)O)c1. The largest absolute Gasteiger partial charge is 0.480 e. The molecule has 0 saturated carbocycles. The summed E-state index contributed by atoms with van der Waals surface area (Å²) in [6.45, 7) is 7.12. The fraction of sp³-hybridized carbons (Fsp3) is 0.409. The molecule has 0 aliphatic carbocycles. The predicted molar refractivity (Wildman–Crippen MR) is 101 cm³/mol. The highest BCUT2D eigenvalue weighted by molar-refractivity contribution is 5.73. The van der Waals surface area contributed by atoms with Gasteiger partial charge in [-0.3, -0.25) is 9.69 Å². The molecule has 2 aromatic rings. The summed E-state index contributed by atoms with van der Waals surface area (Å²) in [5.74, 6) is -0.707. The van der Waals surface area contributed by atoms with Crippen molar-refractivity contribution in [1.29, 1.82) is 0 Å². The highest BCUT2D eigenvalue weighted by atomic mass is 16.4. The quantitative estimate of drug-likeness (QED) is 0.883. The van der Waals surface area contributed by atoms with E-state index in [1.807, 2.05) is 0 Å².